The Labute approximate surface area is 178 Å². The van der Waals surface area contributed by atoms with Gasteiger partial charge in [-0.1, -0.05) is 31.9 Å². The fraction of sp³-hybridized carbons (Fsp3) is 0.450. The number of fused-ring (bicyclic) bond motifs is 1. The van der Waals surface area contributed by atoms with Crippen molar-refractivity contribution in [3.63, 3.8) is 0 Å². The summed E-state index contributed by atoms with van der Waals surface area (Å²) in [7, 11) is 0. The number of carbonyl (C=O) groups is 2. The predicted molar refractivity (Wildman–Crippen MR) is 110 cm³/mol. The zero-order valence-corrected chi connectivity index (χ0v) is 17.8. The van der Waals surface area contributed by atoms with Crippen molar-refractivity contribution in [2.75, 3.05) is 19.8 Å². The fourth-order valence-electron chi connectivity index (χ4n) is 3.11. The minimum absolute atomic E-state index is 0.266. The zero-order valence-electron chi connectivity index (χ0n) is 16.3. The molecule has 2 heterocycles. The van der Waals surface area contributed by atoms with E-state index >= 15 is 0 Å². The van der Waals surface area contributed by atoms with Crippen molar-refractivity contribution < 1.29 is 24.2 Å². The standard InChI is InChI=1S/C20H23ClN2O5S/c1-3-12(2)9-28-20(26)23-7-6-15-19(29-11-22-15)18(23)14-8-13(21)4-5-16(14)27-10-17(24)25/h4-5,8,11-12,18H,3,6-7,9-10H2,1-2H3,(H,24,25). The van der Waals surface area contributed by atoms with Gasteiger partial charge in [-0.05, 0) is 24.1 Å². The SMILES string of the molecule is CCC(C)COC(=O)N1CCc2ncsc2C1c1cc(Cl)ccc1OCC(=O)O. The molecule has 0 bridgehead atoms. The van der Waals surface area contributed by atoms with Gasteiger partial charge in [-0.3, -0.25) is 4.90 Å². The molecule has 0 fully saturated rings. The van der Waals surface area contributed by atoms with E-state index in [0.717, 1.165) is 17.0 Å². The van der Waals surface area contributed by atoms with Gasteiger partial charge in [0.25, 0.3) is 0 Å². The van der Waals surface area contributed by atoms with E-state index in [4.69, 9.17) is 26.2 Å². The molecule has 7 nitrogen and oxygen atoms in total. The molecule has 9 heteroatoms. The summed E-state index contributed by atoms with van der Waals surface area (Å²) >= 11 is 7.67. The van der Waals surface area contributed by atoms with Crippen LogP contribution in [-0.4, -0.2) is 46.8 Å². The van der Waals surface area contributed by atoms with Gasteiger partial charge in [0.2, 0.25) is 0 Å². The normalized spacial score (nSPS) is 16.8. The van der Waals surface area contributed by atoms with E-state index in [2.05, 4.69) is 4.98 Å². The van der Waals surface area contributed by atoms with E-state index < -0.39 is 24.7 Å². The molecule has 2 aromatic rings. The van der Waals surface area contributed by atoms with Gasteiger partial charge < -0.3 is 14.6 Å². The number of aromatic nitrogens is 1. The van der Waals surface area contributed by atoms with Crippen molar-refractivity contribution in [1.29, 1.82) is 0 Å². The lowest BCUT2D eigenvalue weighted by atomic mass is 9.97. The van der Waals surface area contributed by atoms with Gasteiger partial charge in [0, 0.05) is 23.6 Å². The van der Waals surface area contributed by atoms with Crippen molar-refractivity contribution in [1.82, 2.24) is 9.88 Å². The predicted octanol–water partition coefficient (Wildman–Crippen LogP) is 4.39. The quantitative estimate of drug-likeness (QED) is 0.689. The highest BCUT2D eigenvalue weighted by molar-refractivity contribution is 7.09. The first-order chi connectivity index (χ1) is 13.9. The van der Waals surface area contributed by atoms with Crippen molar-refractivity contribution >= 4 is 35.0 Å². The van der Waals surface area contributed by atoms with E-state index in [0.29, 0.717) is 35.9 Å². The Morgan fingerprint density at radius 1 is 1.45 bits per heavy atom. The van der Waals surface area contributed by atoms with Crippen LogP contribution in [-0.2, 0) is 16.0 Å². The Balaban J connectivity index is 1.97. The van der Waals surface area contributed by atoms with Crippen molar-refractivity contribution in [2.45, 2.75) is 32.7 Å². The maximum absolute atomic E-state index is 12.9. The minimum atomic E-state index is -1.09. The van der Waals surface area contributed by atoms with Gasteiger partial charge in [-0.15, -0.1) is 11.3 Å². The van der Waals surface area contributed by atoms with Gasteiger partial charge >= 0.3 is 12.1 Å². The Hall–Kier alpha value is -2.32. The number of rotatable bonds is 7. The van der Waals surface area contributed by atoms with Crippen molar-refractivity contribution in [2.24, 2.45) is 5.92 Å². The molecule has 3 rings (SSSR count). The molecule has 1 aliphatic rings. The molecule has 1 amide bonds. The first-order valence-electron chi connectivity index (χ1n) is 9.40. The highest BCUT2D eigenvalue weighted by Gasteiger charge is 2.37. The van der Waals surface area contributed by atoms with E-state index in [1.54, 1.807) is 28.6 Å². The molecular formula is C20H23ClN2O5S. The maximum atomic E-state index is 12.9. The summed E-state index contributed by atoms with van der Waals surface area (Å²) < 4.78 is 11.0. The molecular weight excluding hydrogens is 416 g/mol. The Morgan fingerprint density at radius 2 is 2.24 bits per heavy atom. The summed E-state index contributed by atoms with van der Waals surface area (Å²) in [6.07, 6.45) is 1.12. The number of hydrogen-bond donors (Lipinski definition) is 1. The number of halogens is 1. The lowest BCUT2D eigenvalue weighted by Crippen LogP contribution is -2.41. The van der Waals surface area contributed by atoms with Crippen molar-refractivity contribution in [3.8, 4) is 5.75 Å². The number of amides is 1. The Morgan fingerprint density at radius 3 is 2.97 bits per heavy atom. The molecule has 1 aromatic heterocycles. The maximum Gasteiger partial charge on any atom is 0.410 e. The first kappa shape index (κ1) is 21.4. The highest BCUT2D eigenvalue weighted by atomic mass is 35.5. The minimum Gasteiger partial charge on any atom is -0.482 e. The summed E-state index contributed by atoms with van der Waals surface area (Å²) in [4.78, 5) is 30.9. The van der Waals surface area contributed by atoms with Crippen LogP contribution in [0.2, 0.25) is 5.02 Å². The van der Waals surface area contributed by atoms with Crippen LogP contribution < -0.4 is 4.74 Å². The molecule has 2 atom stereocenters. The first-order valence-corrected chi connectivity index (χ1v) is 10.7. The second-order valence-electron chi connectivity index (χ2n) is 6.96. The summed E-state index contributed by atoms with van der Waals surface area (Å²) in [5.41, 5.74) is 3.27. The van der Waals surface area contributed by atoms with Crippen LogP contribution in [0.4, 0.5) is 4.79 Å². The Bertz CT molecular complexity index is 888. The molecule has 29 heavy (non-hydrogen) atoms. The van der Waals surface area contributed by atoms with Crippen molar-refractivity contribution in [3.05, 3.63) is 44.9 Å². The zero-order chi connectivity index (χ0) is 21.0. The highest BCUT2D eigenvalue weighted by Crippen LogP contribution is 2.42. The van der Waals surface area contributed by atoms with Gasteiger partial charge in [-0.25, -0.2) is 14.6 Å². The average molecular weight is 439 g/mol. The lowest BCUT2D eigenvalue weighted by Gasteiger charge is -2.35. The van der Waals surface area contributed by atoms with Crippen LogP contribution in [0.1, 0.15) is 42.4 Å². The third kappa shape index (κ3) is 5.00. The topological polar surface area (TPSA) is 89.0 Å². The fourth-order valence-corrected chi connectivity index (χ4v) is 4.26. The van der Waals surface area contributed by atoms with Crippen LogP contribution in [0.5, 0.6) is 5.75 Å². The number of aliphatic carboxylic acids is 1. The number of thiazole rings is 1. The molecule has 0 saturated carbocycles. The second kappa shape index (κ2) is 9.45. The Kier molecular flexibility index (Phi) is 6.97. The number of carboxylic acid groups (broad SMARTS) is 1. The summed E-state index contributed by atoms with van der Waals surface area (Å²) in [5, 5.41) is 9.46. The largest absolute Gasteiger partial charge is 0.482 e. The molecule has 1 aromatic carbocycles. The molecule has 0 spiro atoms. The molecule has 1 aliphatic heterocycles. The molecule has 1 N–H and O–H groups in total. The number of carboxylic acids is 1. The third-order valence-electron chi connectivity index (χ3n) is 4.86. The van der Waals surface area contributed by atoms with E-state index in [9.17, 15) is 9.59 Å². The monoisotopic (exact) mass is 438 g/mol. The van der Waals surface area contributed by atoms with Crippen LogP contribution >= 0.6 is 22.9 Å². The molecule has 0 radical (unpaired) electrons. The van der Waals surface area contributed by atoms with Gasteiger partial charge in [-0.2, -0.15) is 0 Å². The lowest BCUT2D eigenvalue weighted by molar-refractivity contribution is -0.139. The van der Waals surface area contributed by atoms with Crippen LogP contribution in [0.3, 0.4) is 0 Å². The molecule has 156 valence electrons. The smallest absolute Gasteiger partial charge is 0.410 e. The summed E-state index contributed by atoms with van der Waals surface area (Å²) in [6.45, 7) is 4.36. The number of nitrogens with zero attached hydrogens (tertiary/aromatic N) is 2. The number of ether oxygens (including phenoxy) is 2. The van der Waals surface area contributed by atoms with Crippen LogP contribution in [0.15, 0.2) is 23.7 Å². The third-order valence-corrected chi connectivity index (χ3v) is 6.02. The van der Waals surface area contributed by atoms with E-state index in [1.165, 1.54) is 11.3 Å². The molecule has 0 aliphatic carbocycles. The van der Waals surface area contributed by atoms with Gasteiger partial charge in [0.15, 0.2) is 6.61 Å². The molecule has 2 unspecified atom stereocenters. The second-order valence-corrected chi connectivity index (χ2v) is 8.29. The summed E-state index contributed by atoms with van der Waals surface area (Å²) in [5.74, 6) is -0.456. The number of carbonyl (C=O) groups excluding carboxylic acids is 1. The molecule has 0 saturated heterocycles. The van der Waals surface area contributed by atoms with Gasteiger partial charge in [0.05, 0.1) is 22.7 Å². The van der Waals surface area contributed by atoms with E-state index in [1.807, 2.05) is 13.8 Å². The summed E-state index contributed by atoms with van der Waals surface area (Å²) in [6, 6.07) is 4.45. The van der Waals surface area contributed by atoms with Gasteiger partial charge in [0.1, 0.15) is 11.8 Å². The van der Waals surface area contributed by atoms with E-state index in [-0.39, 0.29) is 5.92 Å². The van der Waals surface area contributed by atoms with Crippen LogP contribution in [0.25, 0.3) is 0 Å². The van der Waals surface area contributed by atoms with Crippen LogP contribution in [0, 0.1) is 5.92 Å². The number of benzene rings is 1. The number of hydrogen-bond acceptors (Lipinski definition) is 6. The average Bonchev–Trinajstić information content (AvgIpc) is 3.18.